The van der Waals surface area contributed by atoms with Crippen molar-refractivity contribution in [2.45, 2.75) is 20.3 Å². The first-order valence-corrected chi connectivity index (χ1v) is 7.03. The molecule has 0 spiro atoms. The lowest BCUT2D eigenvalue weighted by atomic mass is 10.1. The Morgan fingerprint density at radius 3 is 2.71 bits per heavy atom. The molecule has 5 heteroatoms. The molecule has 94 valence electrons. The Balaban J connectivity index is 1.88. The summed E-state index contributed by atoms with van der Waals surface area (Å²) in [6, 6.07) is 0. The molecular weight excluding hydrogens is 234 g/mol. The van der Waals surface area contributed by atoms with Crippen LogP contribution < -0.4 is 4.90 Å². The fourth-order valence-electron chi connectivity index (χ4n) is 1.98. The van der Waals surface area contributed by atoms with E-state index < -0.39 is 0 Å². The van der Waals surface area contributed by atoms with E-state index in [0.29, 0.717) is 5.91 Å². The maximum absolute atomic E-state index is 12.0. The van der Waals surface area contributed by atoms with Crippen molar-refractivity contribution < 1.29 is 4.79 Å². The van der Waals surface area contributed by atoms with E-state index in [1.165, 1.54) is 0 Å². The third kappa shape index (κ3) is 2.77. The summed E-state index contributed by atoms with van der Waals surface area (Å²) in [6.45, 7) is 7.51. The van der Waals surface area contributed by atoms with Gasteiger partial charge in [0.05, 0.1) is 0 Å². The first-order chi connectivity index (χ1) is 8.22. The van der Waals surface area contributed by atoms with Gasteiger partial charge in [-0.3, -0.25) is 4.79 Å². The van der Waals surface area contributed by atoms with Crippen LogP contribution in [0.3, 0.4) is 0 Å². The van der Waals surface area contributed by atoms with Crippen molar-refractivity contribution in [2.75, 3.05) is 31.1 Å². The molecule has 4 nitrogen and oxygen atoms in total. The van der Waals surface area contributed by atoms with Crippen molar-refractivity contribution in [2.24, 2.45) is 5.92 Å². The zero-order valence-electron chi connectivity index (χ0n) is 10.4. The Labute approximate surface area is 106 Å². The van der Waals surface area contributed by atoms with Crippen LogP contribution in [0.5, 0.6) is 0 Å². The number of aromatic nitrogens is 1. The molecular formula is C12H19N3OS. The predicted molar refractivity (Wildman–Crippen MR) is 70.4 cm³/mol. The summed E-state index contributed by atoms with van der Waals surface area (Å²) >= 11 is 1.66. The van der Waals surface area contributed by atoms with E-state index in [1.807, 2.05) is 23.4 Å². The number of rotatable bonds is 3. The Bertz CT molecular complexity index is 358. The number of amides is 1. The van der Waals surface area contributed by atoms with Gasteiger partial charge in [0.15, 0.2) is 5.13 Å². The van der Waals surface area contributed by atoms with Crippen LogP contribution in [0.1, 0.15) is 20.3 Å². The highest BCUT2D eigenvalue weighted by atomic mass is 32.1. The van der Waals surface area contributed by atoms with Crippen molar-refractivity contribution in [3.05, 3.63) is 11.6 Å². The number of thiazole rings is 1. The molecule has 1 fully saturated rings. The molecule has 1 saturated heterocycles. The third-order valence-electron chi connectivity index (χ3n) is 3.32. The minimum Gasteiger partial charge on any atom is -0.345 e. The molecule has 0 bridgehead atoms. The Hall–Kier alpha value is -1.10. The highest BCUT2D eigenvalue weighted by molar-refractivity contribution is 7.13. The largest absolute Gasteiger partial charge is 0.345 e. The third-order valence-corrected chi connectivity index (χ3v) is 4.15. The molecule has 2 rings (SSSR count). The van der Waals surface area contributed by atoms with Crippen LogP contribution in [-0.4, -0.2) is 42.0 Å². The van der Waals surface area contributed by atoms with Crippen LogP contribution in [0.25, 0.3) is 0 Å². The average Bonchev–Trinajstić information content (AvgIpc) is 2.91. The first-order valence-electron chi connectivity index (χ1n) is 6.15. The minimum atomic E-state index is 0.154. The van der Waals surface area contributed by atoms with E-state index in [-0.39, 0.29) is 5.92 Å². The number of anilines is 1. The van der Waals surface area contributed by atoms with Crippen molar-refractivity contribution >= 4 is 22.4 Å². The fraction of sp³-hybridized carbons (Fsp3) is 0.667. The summed E-state index contributed by atoms with van der Waals surface area (Å²) in [4.78, 5) is 20.6. The van der Waals surface area contributed by atoms with E-state index in [1.54, 1.807) is 11.3 Å². The number of piperazine rings is 1. The predicted octanol–water partition coefficient (Wildman–Crippen LogP) is 1.84. The monoisotopic (exact) mass is 253 g/mol. The zero-order valence-corrected chi connectivity index (χ0v) is 11.2. The summed E-state index contributed by atoms with van der Waals surface area (Å²) in [5.41, 5.74) is 0. The molecule has 0 radical (unpaired) electrons. The fourth-order valence-corrected chi connectivity index (χ4v) is 2.67. The number of nitrogens with zero attached hydrogens (tertiary/aromatic N) is 3. The summed E-state index contributed by atoms with van der Waals surface area (Å²) in [5, 5.41) is 3.06. The first kappa shape index (κ1) is 12.4. The van der Waals surface area contributed by atoms with Gasteiger partial charge in [-0.15, -0.1) is 11.3 Å². The minimum absolute atomic E-state index is 0.154. The normalized spacial score (nSPS) is 18.2. The van der Waals surface area contributed by atoms with Crippen molar-refractivity contribution in [1.29, 1.82) is 0 Å². The number of carbonyl (C=O) groups is 1. The average molecular weight is 253 g/mol. The molecule has 1 aromatic rings. The van der Waals surface area contributed by atoms with Crippen molar-refractivity contribution in [1.82, 2.24) is 9.88 Å². The summed E-state index contributed by atoms with van der Waals surface area (Å²) < 4.78 is 0. The highest BCUT2D eigenvalue weighted by Crippen LogP contribution is 2.19. The van der Waals surface area contributed by atoms with Gasteiger partial charge >= 0.3 is 0 Å². The molecule has 1 unspecified atom stereocenters. The molecule has 0 aromatic carbocycles. The second-order valence-corrected chi connectivity index (χ2v) is 5.31. The molecule has 1 atom stereocenters. The topological polar surface area (TPSA) is 36.4 Å². The lowest BCUT2D eigenvalue weighted by Gasteiger charge is -2.35. The van der Waals surface area contributed by atoms with Gasteiger partial charge in [-0.05, 0) is 6.42 Å². The quantitative estimate of drug-likeness (QED) is 0.824. The van der Waals surface area contributed by atoms with E-state index in [9.17, 15) is 4.79 Å². The summed E-state index contributed by atoms with van der Waals surface area (Å²) in [5.74, 6) is 0.452. The van der Waals surface area contributed by atoms with Gasteiger partial charge in [0, 0.05) is 43.7 Å². The molecule has 1 amide bonds. The van der Waals surface area contributed by atoms with Gasteiger partial charge < -0.3 is 9.80 Å². The van der Waals surface area contributed by atoms with Crippen LogP contribution in [0.15, 0.2) is 11.6 Å². The number of carbonyl (C=O) groups excluding carboxylic acids is 1. The number of hydrogen-bond donors (Lipinski definition) is 0. The summed E-state index contributed by atoms with van der Waals surface area (Å²) in [6.07, 6.45) is 2.75. The maximum atomic E-state index is 12.0. The van der Waals surface area contributed by atoms with E-state index in [0.717, 1.165) is 37.7 Å². The van der Waals surface area contributed by atoms with Gasteiger partial charge in [-0.2, -0.15) is 0 Å². The van der Waals surface area contributed by atoms with Crippen molar-refractivity contribution in [3.63, 3.8) is 0 Å². The molecule has 0 aliphatic carbocycles. The van der Waals surface area contributed by atoms with Crippen molar-refractivity contribution in [3.8, 4) is 0 Å². The smallest absolute Gasteiger partial charge is 0.225 e. The molecule has 2 heterocycles. The zero-order chi connectivity index (χ0) is 12.3. The van der Waals surface area contributed by atoms with Crippen LogP contribution in [0, 0.1) is 5.92 Å². The molecule has 1 aromatic heterocycles. The maximum Gasteiger partial charge on any atom is 0.225 e. The van der Waals surface area contributed by atoms with Gasteiger partial charge in [0.2, 0.25) is 5.91 Å². The van der Waals surface area contributed by atoms with E-state index in [2.05, 4.69) is 16.8 Å². The Kier molecular flexibility index (Phi) is 3.99. The van der Waals surface area contributed by atoms with E-state index in [4.69, 9.17) is 0 Å². The number of hydrogen-bond acceptors (Lipinski definition) is 4. The lowest BCUT2D eigenvalue weighted by molar-refractivity contribution is -0.135. The molecule has 17 heavy (non-hydrogen) atoms. The SMILES string of the molecule is CCC(C)C(=O)N1CCN(c2nccs2)CC1. The van der Waals surface area contributed by atoms with Crippen LogP contribution in [0.2, 0.25) is 0 Å². The second-order valence-electron chi connectivity index (χ2n) is 4.44. The molecule has 1 aliphatic rings. The van der Waals surface area contributed by atoms with Gasteiger partial charge in [-0.25, -0.2) is 4.98 Å². The van der Waals surface area contributed by atoms with Gasteiger partial charge in [0.1, 0.15) is 0 Å². The second kappa shape index (κ2) is 5.49. The molecule has 0 N–H and O–H groups in total. The molecule has 1 aliphatic heterocycles. The molecule has 0 saturated carbocycles. The highest BCUT2D eigenvalue weighted by Gasteiger charge is 2.24. The Morgan fingerprint density at radius 1 is 1.47 bits per heavy atom. The van der Waals surface area contributed by atoms with Gasteiger partial charge in [0.25, 0.3) is 0 Å². The van der Waals surface area contributed by atoms with Gasteiger partial charge in [-0.1, -0.05) is 13.8 Å². The van der Waals surface area contributed by atoms with Crippen LogP contribution >= 0.6 is 11.3 Å². The van der Waals surface area contributed by atoms with Crippen LogP contribution in [-0.2, 0) is 4.79 Å². The van der Waals surface area contributed by atoms with Crippen LogP contribution in [0.4, 0.5) is 5.13 Å². The van der Waals surface area contributed by atoms with E-state index >= 15 is 0 Å². The summed E-state index contributed by atoms with van der Waals surface area (Å²) in [7, 11) is 0. The standard InChI is InChI=1S/C12H19N3OS/c1-3-10(2)11(16)14-5-7-15(8-6-14)12-13-4-9-17-12/h4,9-10H,3,5-8H2,1-2H3. The lowest BCUT2D eigenvalue weighted by Crippen LogP contribution is -2.50. The Morgan fingerprint density at radius 2 is 2.18 bits per heavy atom.